The van der Waals surface area contributed by atoms with Crippen LogP contribution in [0.5, 0.6) is 0 Å². The van der Waals surface area contributed by atoms with Gasteiger partial charge in [0, 0.05) is 0 Å². The molecular weight excluding hydrogens is 477 g/mol. The fraction of sp³-hybridized carbons (Fsp3) is 0.600. The van der Waals surface area contributed by atoms with Gasteiger partial charge in [-0.1, -0.05) is 33.1 Å². The molecule has 0 aromatic carbocycles. The van der Waals surface area contributed by atoms with E-state index in [1.54, 1.807) is 0 Å². The molecule has 1 rings (SSSR count). The van der Waals surface area contributed by atoms with Crippen molar-refractivity contribution in [1.29, 1.82) is 0 Å². The fourth-order valence-electron chi connectivity index (χ4n) is 1.41. The first-order valence-electron chi connectivity index (χ1n) is 3.75. The molecule has 0 saturated heterocycles. The zero-order valence-electron chi connectivity index (χ0n) is 8.59. The number of halogens is 2. The molecule has 0 saturated carbocycles. The first-order valence-corrected chi connectivity index (χ1v) is 3.75. The van der Waals surface area contributed by atoms with E-state index in [0.717, 1.165) is 0 Å². The maximum atomic E-state index is 3.44. The van der Waals surface area contributed by atoms with Crippen molar-refractivity contribution in [2.75, 3.05) is 0 Å². The molecule has 0 unspecified atom stereocenters. The van der Waals surface area contributed by atoms with Gasteiger partial charge in [0.25, 0.3) is 0 Å². The Kier molecular flexibility index (Phi) is 10.7. The molecule has 0 radical (unpaired) electrons. The van der Waals surface area contributed by atoms with E-state index in [-0.39, 0.29) is 72.8 Å². The summed E-state index contributed by atoms with van der Waals surface area (Å²) in [6.45, 7) is 10.9. The summed E-state index contributed by atoms with van der Waals surface area (Å²) in [7, 11) is 0. The van der Waals surface area contributed by atoms with Crippen LogP contribution >= 0.6 is 0 Å². The van der Waals surface area contributed by atoms with Crippen LogP contribution in [-0.4, -0.2) is 0 Å². The van der Waals surface area contributed by atoms with Crippen LogP contribution in [0.1, 0.15) is 34.6 Å². The summed E-state index contributed by atoms with van der Waals surface area (Å²) in [6.07, 6.45) is 3.44. The van der Waals surface area contributed by atoms with E-state index >= 15 is 0 Å². The molecule has 13 heavy (non-hydrogen) atoms. The second-order valence-electron chi connectivity index (χ2n) is 3.62. The Morgan fingerprint density at radius 3 is 1.46 bits per heavy atom. The summed E-state index contributed by atoms with van der Waals surface area (Å²) in [6, 6.07) is 0. The second kappa shape index (κ2) is 6.94. The van der Waals surface area contributed by atoms with Gasteiger partial charge in [-0.25, -0.2) is 5.57 Å². The molecule has 1 aliphatic rings. The second-order valence-corrected chi connectivity index (χ2v) is 3.62. The van der Waals surface area contributed by atoms with Gasteiger partial charge in [-0.2, -0.15) is 11.1 Å². The van der Waals surface area contributed by atoms with E-state index in [4.69, 9.17) is 0 Å². The molecule has 78 valence electrons. The van der Waals surface area contributed by atoms with Gasteiger partial charge in [-0.15, -0.1) is 6.92 Å². The molecule has 1 aliphatic carbocycles. The van der Waals surface area contributed by atoms with E-state index in [1.807, 2.05) is 0 Å². The Morgan fingerprint density at radius 1 is 1.00 bits per heavy atom. The van der Waals surface area contributed by atoms with E-state index in [2.05, 4.69) is 40.7 Å². The SMILES string of the molecule is CC1=[C-]C(C)(C)C(C)=C1C.[I-].[I-].[Rh+3]. The number of allylic oxidation sites excluding steroid dienone is 4. The Bertz CT molecular complexity index is 227. The average Bonchev–Trinajstić information content (AvgIpc) is 1.95. The van der Waals surface area contributed by atoms with Gasteiger partial charge in [0.05, 0.1) is 0 Å². The monoisotopic (exact) mass is 492 g/mol. The maximum absolute atomic E-state index is 3.44. The van der Waals surface area contributed by atoms with Crippen LogP contribution in [0.15, 0.2) is 16.7 Å². The molecule has 0 aliphatic heterocycles. The third-order valence-electron chi connectivity index (χ3n) is 2.56. The van der Waals surface area contributed by atoms with Crippen LogP contribution in [0.2, 0.25) is 0 Å². The van der Waals surface area contributed by atoms with Crippen LogP contribution in [-0.2, 0) is 19.5 Å². The third-order valence-corrected chi connectivity index (χ3v) is 2.56. The summed E-state index contributed by atoms with van der Waals surface area (Å²) >= 11 is 0. The average molecular weight is 492 g/mol. The van der Waals surface area contributed by atoms with E-state index in [0.29, 0.717) is 0 Å². The number of rotatable bonds is 0. The van der Waals surface area contributed by atoms with E-state index in [1.165, 1.54) is 16.7 Å². The van der Waals surface area contributed by atoms with Crippen molar-refractivity contribution in [3.8, 4) is 0 Å². The van der Waals surface area contributed by atoms with Crippen LogP contribution in [0.3, 0.4) is 0 Å². The minimum absolute atomic E-state index is 0. The zero-order valence-corrected chi connectivity index (χ0v) is 14.5. The van der Waals surface area contributed by atoms with Gasteiger partial charge in [-0.3, -0.25) is 6.08 Å². The maximum Gasteiger partial charge on any atom is 3.00 e. The van der Waals surface area contributed by atoms with Gasteiger partial charge in [0.15, 0.2) is 0 Å². The summed E-state index contributed by atoms with van der Waals surface area (Å²) in [5.41, 5.74) is 4.39. The Morgan fingerprint density at radius 2 is 1.38 bits per heavy atom. The van der Waals surface area contributed by atoms with Crippen molar-refractivity contribution < 1.29 is 67.4 Å². The first-order chi connectivity index (χ1) is 4.45. The van der Waals surface area contributed by atoms with Crippen LogP contribution < -0.4 is 48.0 Å². The minimum atomic E-state index is 0. The van der Waals surface area contributed by atoms with Gasteiger partial charge >= 0.3 is 19.5 Å². The van der Waals surface area contributed by atoms with Gasteiger partial charge < -0.3 is 48.0 Å². The minimum Gasteiger partial charge on any atom is -1.00 e. The summed E-state index contributed by atoms with van der Waals surface area (Å²) in [4.78, 5) is 0. The van der Waals surface area contributed by atoms with Crippen molar-refractivity contribution in [3.63, 3.8) is 0 Å². The molecule has 0 atom stereocenters. The predicted octanol–water partition coefficient (Wildman–Crippen LogP) is -2.88. The predicted molar refractivity (Wildman–Crippen MR) is 44.6 cm³/mol. The van der Waals surface area contributed by atoms with Gasteiger partial charge in [0.2, 0.25) is 0 Å². The van der Waals surface area contributed by atoms with Crippen molar-refractivity contribution in [3.05, 3.63) is 22.8 Å². The molecule has 0 heterocycles. The molecule has 0 nitrogen and oxygen atoms in total. The molecule has 0 fully saturated rings. The number of hydrogen-bond donors (Lipinski definition) is 0. The molecule has 0 N–H and O–H groups in total. The third kappa shape index (κ3) is 4.29. The van der Waals surface area contributed by atoms with E-state index < -0.39 is 0 Å². The molecule has 0 amide bonds. The van der Waals surface area contributed by atoms with Crippen molar-refractivity contribution in [2.24, 2.45) is 5.41 Å². The summed E-state index contributed by atoms with van der Waals surface area (Å²) in [5.74, 6) is 0. The molecule has 0 bridgehead atoms. The van der Waals surface area contributed by atoms with Gasteiger partial charge in [-0.05, 0) is 0 Å². The molecular formula is C10H15I2Rh. The Labute approximate surface area is 129 Å². The van der Waals surface area contributed by atoms with Crippen LogP contribution in [0.25, 0.3) is 0 Å². The molecule has 0 aromatic rings. The van der Waals surface area contributed by atoms with Crippen LogP contribution in [0, 0.1) is 11.5 Å². The van der Waals surface area contributed by atoms with Crippen LogP contribution in [0.4, 0.5) is 0 Å². The molecule has 3 heteroatoms. The first kappa shape index (κ1) is 20.0. The summed E-state index contributed by atoms with van der Waals surface area (Å²) < 4.78 is 0. The smallest absolute Gasteiger partial charge is 1.00 e. The van der Waals surface area contributed by atoms with Crippen molar-refractivity contribution in [1.82, 2.24) is 0 Å². The van der Waals surface area contributed by atoms with Gasteiger partial charge in [0.1, 0.15) is 0 Å². The largest absolute Gasteiger partial charge is 3.00 e. The standard InChI is InChI=1S/C10H15.2HI.Rh/c1-7-6-10(4,5)9(3)8(7)2;;;/h1-5H3;2*1H;/q-1;;;+3/p-2. The van der Waals surface area contributed by atoms with E-state index in [9.17, 15) is 0 Å². The van der Waals surface area contributed by atoms with Crippen molar-refractivity contribution in [2.45, 2.75) is 34.6 Å². The normalized spacial score (nSPS) is 18.1. The fourth-order valence-corrected chi connectivity index (χ4v) is 1.41. The zero-order chi connectivity index (χ0) is 7.94. The molecule has 0 spiro atoms. The molecule has 0 aromatic heterocycles. The quantitative estimate of drug-likeness (QED) is 0.194. The summed E-state index contributed by atoms with van der Waals surface area (Å²) in [5, 5.41) is 0. The Hall–Kier alpha value is 1.56. The number of hydrogen-bond acceptors (Lipinski definition) is 0. The topological polar surface area (TPSA) is 0 Å². The van der Waals surface area contributed by atoms with Crippen molar-refractivity contribution >= 4 is 0 Å². The Balaban J connectivity index is -0.000000333.